The topological polar surface area (TPSA) is 68.0 Å². The fourth-order valence-corrected chi connectivity index (χ4v) is 1.91. The smallest absolute Gasteiger partial charge is 0.221 e. The molecule has 0 aliphatic rings. The predicted molar refractivity (Wildman–Crippen MR) is 75.6 cm³/mol. The van der Waals surface area contributed by atoms with Crippen molar-refractivity contribution < 1.29 is 4.79 Å². The van der Waals surface area contributed by atoms with Crippen LogP contribution in [0.4, 0.5) is 5.69 Å². The van der Waals surface area contributed by atoms with Gasteiger partial charge in [0, 0.05) is 24.1 Å². The summed E-state index contributed by atoms with van der Waals surface area (Å²) >= 11 is 0. The lowest BCUT2D eigenvalue weighted by molar-refractivity contribution is -0.117. The molecule has 1 atom stereocenters. The van der Waals surface area contributed by atoms with Crippen LogP contribution in [0, 0.1) is 0 Å². The second-order valence-electron chi connectivity index (χ2n) is 4.49. The molecule has 0 aliphatic carbocycles. The van der Waals surface area contributed by atoms with Crippen LogP contribution in [0.25, 0.3) is 0 Å². The Morgan fingerprint density at radius 2 is 1.84 bits per heavy atom. The number of hydrogen-bond donors (Lipinski definition) is 2. The average Bonchev–Trinajstić information content (AvgIpc) is 2.41. The van der Waals surface area contributed by atoms with Crippen LogP contribution in [0.15, 0.2) is 48.8 Å². The molecule has 1 aromatic heterocycles. The lowest BCUT2D eigenvalue weighted by Gasteiger charge is -2.15. The van der Waals surface area contributed by atoms with Gasteiger partial charge in [0.1, 0.15) is 0 Å². The summed E-state index contributed by atoms with van der Waals surface area (Å²) in [6.45, 7) is 2.09. The van der Waals surface area contributed by atoms with Gasteiger partial charge in [-0.3, -0.25) is 9.78 Å². The molecular formula is C15H17N3O. The Bertz CT molecular complexity index is 537. The number of rotatable bonds is 5. The van der Waals surface area contributed by atoms with Crippen LogP contribution in [0.1, 0.15) is 24.1 Å². The molecule has 98 valence electrons. The number of nitrogens with one attached hydrogen (secondary N) is 1. The summed E-state index contributed by atoms with van der Waals surface area (Å²) in [5, 5.41) is 3.39. The van der Waals surface area contributed by atoms with Gasteiger partial charge in [-0.15, -0.1) is 0 Å². The summed E-state index contributed by atoms with van der Waals surface area (Å²) in [6.07, 6.45) is 3.84. The van der Waals surface area contributed by atoms with E-state index in [-0.39, 0.29) is 18.4 Å². The van der Waals surface area contributed by atoms with Crippen LogP contribution in [0.5, 0.6) is 0 Å². The highest BCUT2D eigenvalue weighted by Gasteiger charge is 2.05. The molecule has 4 nitrogen and oxygen atoms in total. The van der Waals surface area contributed by atoms with Crippen molar-refractivity contribution in [1.82, 2.24) is 4.98 Å². The van der Waals surface area contributed by atoms with E-state index < -0.39 is 0 Å². The lowest BCUT2D eigenvalue weighted by atomic mass is 10.1. The van der Waals surface area contributed by atoms with Crippen molar-refractivity contribution in [1.29, 1.82) is 0 Å². The second-order valence-corrected chi connectivity index (χ2v) is 4.49. The minimum atomic E-state index is -0.314. The van der Waals surface area contributed by atoms with Crippen LogP contribution in [0.3, 0.4) is 0 Å². The number of benzene rings is 1. The van der Waals surface area contributed by atoms with E-state index in [4.69, 9.17) is 5.73 Å². The molecule has 1 unspecified atom stereocenters. The monoisotopic (exact) mass is 255 g/mol. The van der Waals surface area contributed by atoms with Gasteiger partial charge >= 0.3 is 0 Å². The molecule has 2 aromatic rings. The summed E-state index contributed by atoms with van der Waals surface area (Å²) in [5.74, 6) is -0.314. The number of nitrogens with zero attached hydrogens (tertiary/aromatic N) is 1. The maximum absolute atomic E-state index is 10.8. The first-order valence-electron chi connectivity index (χ1n) is 6.19. The molecule has 0 bridgehead atoms. The minimum Gasteiger partial charge on any atom is -0.379 e. The quantitative estimate of drug-likeness (QED) is 0.861. The van der Waals surface area contributed by atoms with Crippen LogP contribution in [0.2, 0.25) is 0 Å². The van der Waals surface area contributed by atoms with Crippen LogP contribution in [-0.4, -0.2) is 10.9 Å². The van der Waals surface area contributed by atoms with E-state index in [1.54, 1.807) is 12.4 Å². The molecule has 1 aromatic carbocycles. The Morgan fingerprint density at radius 3 is 2.42 bits per heavy atom. The normalized spacial score (nSPS) is 11.8. The van der Waals surface area contributed by atoms with Gasteiger partial charge in [-0.1, -0.05) is 12.1 Å². The first kappa shape index (κ1) is 13.1. The van der Waals surface area contributed by atoms with Crippen LogP contribution < -0.4 is 11.1 Å². The van der Waals surface area contributed by atoms with Gasteiger partial charge < -0.3 is 11.1 Å². The number of carbonyl (C=O) groups excluding carboxylic acids is 1. The van der Waals surface area contributed by atoms with E-state index in [9.17, 15) is 4.79 Å². The summed E-state index contributed by atoms with van der Waals surface area (Å²) in [6, 6.07) is 11.9. The average molecular weight is 255 g/mol. The molecule has 19 heavy (non-hydrogen) atoms. The Morgan fingerprint density at radius 1 is 1.21 bits per heavy atom. The molecule has 0 spiro atoms. The van der Waals surface area contributed by atoms with Gasteiger partial charge in [0.05, 0.1) is 6.42 Å². The zero-order valence-electron chi connectivity index (χ0n) is 10.8. The largest absolute Gasteiger partial charge is 0.379 e. The van der Waals surface area contributed by atoms with E-state index in [2.05, 4.69) is 17.2 Å². The summed E-state index contributed by atoms with van der Waals surface area (Å²) in [7, 11) is 0. The van der Waals surface area contributed by atoms with E-state index >= 15 is 0 Å². The second kappa shape index (κ2) is 6.00. The van der Waals surface area contributed by atoms with Crippen LogP contribution >= 0.6 is 0 Å². The predicted octanol–water partition coefficient (Wildman–Crippen LogP) is 2.28. The Kier molecular flexibility index (Phi) is 4.13. The maximum Gasteiger partial charge on any atom is 0.221 e. The molecule has 3 N–H and O–H groups in total. The molecule has 0 fully saturated rings. The van der Waals surface area contributed by atoms with E-state index in [0.29, 0.717) is 0 Å². The number of primary amides is 1. The SMILES string of the molecule is CC(Nc1ccc(CC(N)=O)cc1)c1ccncc1. The Labute approximate surface area is 112 Å². The molecule has 0 saturated carbocycles. The van der Waals surface area contributed by atoms with Crippen molar-refractivity contribution in [3.8, 4) is 0 Å². The molecule has 0 radical (unpaired) electrons. The molecule has 2 rings (SSSR count). The maximum atomic E-state index is 10.8. The highest BCUT2D eigenvalue weighted by atomic mass is 16.1. The first-order valence-corrected chi connectivity index (χ1v) is 6.19. The molecule has 0 aliphatic heterocycles. The van der Waals surface area contributed by atoms with Gasteiger partial charge in [0.25, 0.3) is 0 Å². The molecule has 1 amide bonds. The molecule has 0 saturated heterocycles. The van der Waals surface area contributed by atoms with Crippen molar-refractivity contribution in [2.24, 2.45) is 5.73 Å². The first-order chi connectivity index (χ1) is 9.15. The summed E-state index contributed by atoms with van der Waals surface area (Å²) < 4.78 is 0. The van der Waals surface area contributed by atoms with Crippen molar-refractivity contribution >= 4 is 11.6 Å². The van der Waals surface area contributed by atoms with E-state index in [1.807, 2.05) is 36.4 Å². The third kappa shape index (κ3) is 3.81. The summed E-state index contributed by atoms with van der Waals surface area (Å²) in [5.41, 5.74) is 8.27. The fraction of sp³-hybridized carbons (Fsp3) is 0.200. The number of nitrogens with two attached hydrogens (primary N) is 1. The number of aromatic nitrogens is 1. The molecule has 4 heteroatoms. The van der Waals surface area contributed by atoms with Gasteiger partial charge in [0.2, 0.25) is 5.91 Å². The van der Waals surface area contributed by atoms with Gasteiger partial charge in [-0.05, 0) is 42.3 Å². The molecular weight excluding hydrogens is 238 g/mol. The van der Waals surface area contributed by atoms with Crippen molar-refractivity contribution in [2.45, 2.75) is 19.4 Å². The minimum absolute atomic E-state index is 0.199. The van der Waals surface area contributed by atoms with Crippen molar-refractivity contribution in [2.75, 3.05) is 5.32 Å². The summed E-state index contributed by atoms with van der Waals surface area (Å²) in [4.78, 5) is 14.8. The number of amides is 1. The Hall–Kier alpha value is -2.36. The van der Waals surface area contributed by atoms with Crippen molar-refractivity contribution in [3.05, 3.63) is 59.9 Å². The van der Waals surface area contributed by atoms with E-state index in [1.165, 1.54) is 5.56 Å². The number of anilines is 1. The van der Waals surface area contributed by atoms with Crippen LogP contribution in [-0.2, 0) is 11.2 Å². The van der Waals surface area contributed by atoms with Gasteiger partial charge in [-0.2, -0.15) is 0 Å². The van der Waals surface area contributed by atoms with Gasteiger partial charge in [-0.25, -0.2) is 0 Å². The van der Waals surface area contributed by atoms with E-state index in [0.717, 1.165) is 11.3 Å². The number of carbonyl (C=O) groups is 1. The number of hydrogen-bond acceptors (Lipinski definition) is 3. The van der Waals surface area contributed by atoms with Gasteiger partial charge in [0.15, 0.2) is 0 Å². The zero-order valence-corrected chi connectivity index (χ0v) is 10.8. The lowest BCUT2D eigenvalue weighted by Crippen LogP contribution is -2.13. The number of pyridine rings is 1. The third-order valence-corrected chi connectivity index (χ3v) is 2.92. The highest BCUT2D eigenvalue weighted by molar-refractivity contribution is 5.76. The zero-order chi connectivity index (χ0) is 13.7. The fourth-order valence-electron chi connectivity index (χ4n) is 1.91. The highest BCUT2D eigenvalue weighted by Crippen LogP contribution is 2.18. The Balaban J connectivity index is 2.01. The standard InChI is InChI=1S/C15H17N3O/c1-11(13-6-8-17-9-7-13)18-14-4-2-12(3-5-14)10-15(16)19/h2-9,11,18H,10H2,1H3,(H2,16,19). The van der Waals surface area contributed by atoms with Crippen molar-refractivity contribution in [3.63, 3.8) is 0 Å². The third-order valence-electron chi connectivity index (χ3n) is 2.92. The molecule has 1 heterocycles.